The van der Waals surface area contributed by atoms with E-state index in [2.05, 4.69) is 41.2 Å². The van der Waals surface area contributed by atoms with Gasteiger partial charge in [0.05, 0.1) is 11.2 Å². The van der Waals surface area contributed by atoms with Crippen molar-refractivity contribution >= 4 is 0 Å². The minimum absolute atomic E-state index is 0.118. The number of ether oxygens (including phenoxy) is 2. The predicted molar refractivity (Wildman–Crippen MR) is 102 cm³/mol. The molecular formula is C20H29N5O2. The molecular weight excluding hydrogens is 342 g/mol. The van der Waals surface area contributed by atoms with Crippen LogP contribution in [0.15, 0.2) is 18.2 Å². The van der Waals surface area contributed by atoms with E-state index in [0.717, 1.165) is 54.9 Å². The first kappa shape index (κ1) is 18.2. The molecule has 1 aromatic carbocycles. The molecule has 7 nitrogen and oxygen atoms in total. The van der Waals surface area contributed by atoms with E-state index in [0.29, 0.717) is 13.2 Å². The van der Waals surface area contributed by atoms with Crippen LogP contribution in [0.25, 0.3) is 5.69 Å². The Hall–Kier alpha value is -2.15. The van der Waals surface area contributed by atoms with Crippen molar-refractivity contribution in [2.45, 2.75) is 52.0 Å². The summed E-state index contributed by atoms with van der Waals surface area (Å²) in [4.78, 5) is 2.53. The maximum absolute atomic E-state index is 5.76. The fraction of sp³-hybridized carbons (Fsp3) is 0.650. The van der Waals surface area contributed by atoms with Gasteiger partial charge in [0.15, 0.2) is 17.3 Å². The van der Waals surface area contributed by atoms with Gasteiger partial charge in [0.1, 0.15) is 13.2 Å². The van der Waals surface area contributed by atoms with E-state index in [9.17, 15) is 0 Å². The maximum atomic E-state index is 5.76. The summed E-state index contributed by atoms with van der Waals surface area (Å²) < 4.78 is 13.3. The Balaban J connectivity index is 1.77. The molecule has 4 rings (SSSR count). The summed E-state index contributed by atoms with van der Waals surface area (Å²) >= 11 is 0. The van der Waals surface area contributed by atoms with Gasteiger partial charge in [0, 0.05) is 6.07 Å². The largest absolute Gasteiger partial charge is 0.486 e. The fourth-order valence-corrected chi connectivity index (χ4v) is 4.56. The number of hydrogen-bond donors (Lipinski definition) is 0. The third kappa shape index (κ3) is 3.18. The van der Waals surface area contributed by atoms with Crippen LogP contribution in [0, 0.1) is 5.92 Å². The topological polar surface area (TPSA) is 65.3 Å². The molecule has 7 heteroatoms. The van der Waals surface area contributed by atoms with Crippen LogP contribution in [0.2, 0.25) is 0 Å². The van der Waals surface area contributed by atoms with Gasteiger partial charge in [-0.3, -0.25) is 4.90 Å². The van der Waals surface area contributed by atoms with Crippen LogP contribution in [-0.2, 0) is 5.54 Å². The van der Waals surface area contributed by atoms with E-state index in [-0.39, 0.29) is 5.54 Å². The molecule has 0 amide bonds. The molecule has 0 unspecified atom stereocenters. The summed E-state index contributed by atoms with van der Waals surface area (Å²) in [7, 11) is 0. The molecule has 0 atom stereocenters. The third-order valence-corrected chi connectivity index (χ3v) is 6.13. The van der Waals surface area contributed by atoms with Crippen LogP contribution < -0.4 is 9.47 Å². The van der Waals surface area contributed by atoms with Crippen molar-refractivity contribution < 1.29 is 9.47 Å². The molecule has 0 N–H and O–H groups in total. The summed E-state index contributed by atoms with van der Waals surface area (Å²) in [5, 5.41) is 13.0. The zero-order chi connectivity index (χ0) is 18.9. The van der Waals surface area contributed by atoms with Gasteiger partial charge in [-0.25, -0.2) is 0 Å². The standard InChI is InChI=1S/C20H29N5O2/c1-4-24(5-2)20(10-8-15(3)9-11-20)19-21-22-23-25(19)16-6-7-17-18(14-16)27-13-12-26-17/h6-7,14-15H,4-5,8-13H2,1-3H3. The molecule has 2 aliphatic rings. The van der Waals surface area contributed by atoms with Crippen molar-refractivity contribution in [3.05, 3.63) is 24.0 Å². The Morgan fingerprint density at radius 2 is 1.81 bits per heavy atom. The average Bonchev–Trinajstić information content (AvgIpc) is 3.20. The van der Waals surface area contributed by atoms with Crippen molar-refractivity contribution in [2.24, 2.45) is 5.92 Å². The summed E-state index contributed by atoms with van der Waals surface area (Å²) in [5.74, 6) is 3.24. The zero-order valence-electron chi connectivity index (χ0n) is 16.5. The second-order valence-electron chi connectivity index (χ2n) is 7.63. The highest BCUT2D eigenvalue weighted by molar-refractivity contribution is 5.49. The van der Waals surface area contributed by atoms with Gasteiger partial charge in [0.25, 0.3) is 0 Å². The van der Waals surface area contributed by atoms with E-state index in [4.69, 9.17) is 9.47 Å². The van der Waals surface area contributed by atoms with Crippen molar-refractivity contribution in [3.63, 3.8) is 0 Å². The highest BCUT2D eigenvalue weighted by Gasteiger charge is 2.44. The molecule has 146 valence electrons. The van der Waals surface area contributed by atoms with E-state index in [1.165, 1.54) is 12.8 Å². The molecule has 2 heterocycles. The molecule has 27 heavy (non-hydrogen) atoms. The van der Waals surface area contributed by atoms with Crippen LogP contribution in [-0.4, -0.2) is 51.4 Å². The predicted octanol–water partition coefficient (Wildman–Crippen LogP) is 3.18. The monoisotopic (exact) mass is 371 g/mol. The van der Waals surface area contributed by atoms with Gasteiger partial charge in [-0.2, -0.15) is 4.68 Å². The highest BCUT2D eigenvalue weighted by atomic mass is 16.6. The second kappa shape index (κ2) is 7.46. The third-order valence-electron chi connectivity index (χ3n) is 6.13. The van der Waals surface area contributed by atoms with Gasteiger partial charge < -0.3 is 9.47 Å². The number of aromatic nitrogens is 4. The molecule has 2 aromatic rings. The first-order valence-electron chi connectivity index (χ1n) is 10.1. The lowest BCUT2D eigenvalue weighted by atomic mass is 9.75. The molecule has 0 saturated heterocycles. The summed E-state index contributed by atoms with van der Waals surface area (Å²) in [6.07, 6.45) is 4.57. The van der Waals surface area contributed by atoms with Crippen LogP contribution in [0.3, 0.4) is 0 Å². The van der Waals surface area contributed by atoms with E-state index < -0.39 is 0 Å². The Labute approximate surface area is 160 Å². The molecule has 1 aromatic heterocycles. The SMILES string of the molecule is CCN(CC)C1(c2nnnn2-c2ccc3c(c2)OCCO3)CCC(C)CC1. The molecule has 1 aliphatic carbocycles. The van der Waals surface area contributed by atoms with Gasteiger partial charge in [-0.1, -0.05) is 20.8 Å². The van der Waals surface area contributed by atoms with Crippen LogP contribution in [0.5, 0.6) is 11.5 Å². The molecule has 0 spiro atoms. The van der Waals surface area contributed by atoms with E-state index in [1.807, 2.05) is 22.9 Å². The number of rotatable bonds is 5. The first-order valence-corrected chi connectivity index (χ1v) is 10.1. The van der Waals surface area contributed by atoms with Crippen molar-refractivity contribution in [2.75, 3.05) is 26.3 Å². The van der Waals surface area contributed by atoms with Crippen LogP contribution >= 0.6 is 0 Å². The van der Waals surface area contributed by atoms with Crippen molar-refractivity contribution in [1.82, 2.24) is 25.1 Å². The Morgan fingerprint density at radius 3 is 2.52 bits per heavy atom. The van der Waals surface area contributed by atoms with Crippen molar-refractivity contribution in [3.8, 4) is 17.2 Å². The fourth-order valence-electron chi connectivity index (χ4n) is 4.56. The molecule has 1 saturated carbocycles. The molecule has 0 radical (unpaired) electrons. The van der Waals surface area contributed by atoms with Crippen LogP contribution in [0.4, 0.5) is 0 Å². The Kier molecular flexibility index (Phi) is 5.04. The highest BCUT2D eigenvalue weighted by Crippen LogP contribution is 2.44. The van der Waals surface area contributed by atoms with Crippen molar-refractivity contribution in [1.29, 1.82) is 0 Å². The first-order chi connectivity index (χ1) is 13.2. The minimum Gasteiger partial charge on any atom is -0.486 e. The van der Waals surface area contributed by atoms with Gasteiger partial charge in [0.2, 0.25) is 0 Å². The maximum Gasteiger partial charge on any atom is 0.176 e. The van der Waals surface area contributed by atoms with Gasteiger partial charge in [-0.05, 0) is 67.3 Å². The number of hydrogen-bond acceptors (Lipinski definition) is 6. The molecule has 1 fully saturated rings. The number of nitrogens with zero attached hydrogens (tertiary/aromatic N) is 5. The van der Waals surface area contributed by atoms with E-state index in [1.54, 1.807) is 0 Å². The summed E-state index contributed by atoms with van der Waals surface area (Å²) in [6.45, 7) is 9.92. The quantitative estimate of drug-likeness (QED) is 0.804. The minimum atomic E-state index is -0.118. The second-order valence-corrected chi connectivity index (χ2v) is 7.63. The Bertz CT molecular complexity index is 778. The van der Waals surface area contributed by atoms with Gasteiger partial charge in [-0.15, -0.1) is 5.10 Å². The lowest BCUT2D eigenvalue weighted by Gasteiger charge is -2.46. The molecule has 0 bridgehead atoms. The summed E-state index contributed by atoms with van der Waals surface area (Å²) in [5.41, 5.74) is 0.802. The smallest absolute Gasteiger partial charge is 0.176 e. The van der Waals surface area contributed by atoms with E-state index >= 15 is 0 Å². The van der Waals surface area contributed by atoms with Gasteiger partial charge >= 0.3 is 0 Å². The summed E-state index contributed by atoms with van der Waals surface area (Å²) in [6, 6.07) is 5.94. The van der Waals surface area contributed by atoms with Crippen LogP contribution in [0.1, 0.15) is 52.3 Å². The zero-order valence-corrected chi connectivity index (χ0v) is 16.5. The Morgan fingerprint density at radius 1 is 1.11 bits per heavy atom. The number of fused-ring (bicyclic) bond motifs is 1. The lowest BCUT2D eigenvalue weighted by molar-refractivity contribution is 0.0336. The normalized spacial score (nSPS) is 25.0. The number of benzene rings is 1. The molecule has 1 aliphatic heterocycles. The lowest BCUT2D eigenvalue weighted by Crippen LogP contribution is -2.50. The number of tetrazole rings is 1. The average molecular weight is 371 g/mol.